The lowest BCUT2D eigenvalue weighted by Gasteiger charge is -2.36. The molecule has 0 saturated carbocycles. The van der Waals surface area contributed by atoms with Crippen molar-refractivity contribution >= 4 is 33.3 Å². The highest BCUT2D eigenvalue weighted by molar-refractivity contribution is 7.94. The highest BCUT2D eigenvalue weighted by Gasteiger charge is 2.43. The maximum Gasteiger partial charge on any atom is 0.343 e. The number of halogens is 1. The summed E-state index contributed by atoms with van der Waals surface area (Å²) in [6.45, 7) is 0.994. The number of likely N-dealkylation sites (tertiary alicyclic amines) is 1. The Kier molecular flexibility index (Phi) is 5.46. The molecule has 9 heteroatoms. The van der Waals surface area contributed by atoms with Crippen LogP contribution in [0.4, 0.5) is 20.6 Å². The van der Waals surface area contributed by atoms with Crippen LogP contribution in [0.2, 0.25) is 0 Å². The Morgan fingerprint density at radius 2 is 1.57 bits per heavy atom. The predicted octanol–water partition coefficient (Wildman–Crippen LogP) is 3.36. The number of carbonyl (C=O) groups excluding carboxylic acids is 2. The average Bonchev–Trinajstić information content (AvgIpc) is 3.02. The van der Waals surface area contributed by atoms with Crippen molar-refractivity contribution in [3.63, 3.8) is 0 Å². The van der Waals surface area contributed by atoms with E-state index >= 15 is 0 Å². The van der Waals surface area contributed by atoms with Crippen LogP contribution in [0.5, 0.6) is 0 Å². The van der Waals surface area contributed by atoms with Crippen molar-refractivity contribution in [2.45, 2.75) is 30.6 Å². The second-order valence-corrected chi connectivity index (χ2v) is 9.13. The zero-order valence-corrected chi connectivity index (χ0v) is 17.1. The van der Waals surface area contributed by atoms with Gasteiger partial charge in [0.25, 0.3) is 10.0 Å². The Morgan fingerprint density at radius 3 is 2.23 bits per heavy atom. The highest BCUT2D eigenvalue weighted by atomic mass is 32.2. The molecular formula is C21H22FN3O4S. The molecule has 0 aromatic heterocycles. The Morgan fingerprint density at radius 1 is 0.933 bits per heavy atom. The molecule has 30 heavy (non-hydrogen) atoms. The first-order valence-electron chi connectivity index (χ1n) is 9.89. The second kappa shape index (κ2) is 8.06. The van der Waals surface area contributed by atoms with E-state index in [0.29, 0.717) is 17.4 Å². The van der Waals surface area contributed by atoms with Crippen molar-refractivity contribution in [2.24, 2.45) is 0 Å². The van der Waals surface area contributed by atoms with Crippen molar-refractivity contribution in [2.75, 3.05) is 28.8 Å². The third-order valence-electron chi connectivity index (χ3n) is 5.39. The van der Waals surface area contributed by atoms with E-state index in [0.717, 1.165) is 37.8 Å². The first-order chi connectivity index (χ1) is 14.4. The first-order valence-corrected chi connectivity index (χ1v) is 11.3. The minimum atomic E-state index is -4.20. The van der Waals surface area contributed by atoms with Crippen molar-refractivity contribution in [3.05, 3.63) is 54.3 Å². The van der Waals surface area contributed by atoms with E-state index in [1.807, 2.05) is 0 Å². The summed E-state index contributed by atoms with van der Waals surface area (Å²) < 4.78 is 40.3. The minimum absolute atomic E-state index is 0.0168. The number of para-hydroxylation sites is 1. The topological polar surface area (TPSA) is 78.0 Å². The number of hydrogen-bond donors (Lipinski definition) is 0. The van der Waals surface area contributed by atoms with Crippen molar-refractivity contribution in [1.29, 1.82) is 0 Å². The Balaban J connectivity index is 1.73. The Labute approximate surface area is 174 Å². The Hall–Kier alpha value is -2.94. The van der Waals surface area contributed by atoms with Crippen molar-refractivity contribution < 1.29 is 22.4 Å². The summed E-state index contributed by atoms with van der Waals surface area (Å²) in [5, 5.41) is 0. The molecule has 4 rings (SSSR count). The number of fused-ring (bicyclic) bond motifs is 1. The van der Waals surface area contributed by atoms with E-state index in [2.05, 4.69) is 0 Å². The quantitative estimate of drug-likeness (QED) is 0.747. The summed E-state index contributed by atoms with van der Waals surface area (Å²) >= 11 is 0. The van der Waals surface area contributed by atoms with Gasteiger partial charge in [-0.25, -0.2) is 17.6 Å². The number of hydrogen-bond acceptors (Lipinski definition) is 4. The molecule has 3 amide bonds. The third-order valence-corrected chi connectivity index (χ3v) is 7.14. The number of benzene rings is 2. The molecule has 1 fully saturated rings. The van der Waals surface area contributed by atoms with E-state index in [4.69, 9.17) is 0 Å². The summed E-state index contributed by atoms with van der Waals surface area (Å²) in [6, 6.07) is 9.88. The van der Waals surface area contributed by atoms with Crippen LogP contribution in [0.1, 0.15) is 25.7 Å². The number of urea groups is 1. The maximum absolute atomic E-state index is 13.4. The van der Waals surface area contributed by atoms with Crippen LogP contribution in [0.25, 0.3) is 0 Å². The number of sulfonamides is 1. The Bertz CT molecular complexity index is 1060. The lowest BCUT2D eigenvalue weighted by molar-refractivity contribution is -0.129. The van der Waals surface area contributed by atoms with E-state index in [9.17, 15) is 22.4 Å². The van der Waals surface area contributed by atoms with E-state index in [-0.39, 0.29) is 28.7 Å². The summed E-state index contributed by atoms with van der Waals surface area (Å²) in [4.78, 5) is 29.1. The number of rotatable bonds is 3. The monoisotopic (exact) mass is 431 g/mol. The van der Waals surface area contributed by atoms with Crippen molar-refractivity contribution in [3.8, 4) is 0 Å². The van der Waals surface area contributed by atoms with Gasteiger partial charge in [-0.1, -0.05) is 25.0 Å². The predicted molar refractivity (Wildman–Crippen MR) is 110 cm³/mol. The molecule has 2 aliphatic rings. The minimum Gasteiger partial charge on any atom is -0.341 e. The van der Waals surface area contributed by atoms with Crippen molar-refractivity contribution in [1.82, 2.24) is 4.90 Å². The SMILES string of the molecule is O=C(CN1C(=O)N(c2ccc(F)cc2)S(=O)(=O)c2ccccc21)N1CCCCCC1. The fourth-order valence-electron chi connectivity index (χ4n) is 3.85. The van der Waals surface area contributed by atoms with Gasteiger partial charge in [0.2, 0.25) is 5.91 Å². The highest BCUT2D eigenvalue weighted by Crippen LogP contribution is 2.37. The van der Waals surface area contributed by atoms with Crippen LogP contribution in [0.15, 0.2) is 53.4 Å². The van der Waals surface area contributed by atoms with Crippen LogP contribution in [0.3, 0.4) is 0 Å². The average molecular weight is 431 g/mol. The van der Waals surface area contributed by atoms with Gasteiger partial charge in [-0.05, 0) is 49.2 Å². The van der Waals surface area contributed by atoms with E-state index < -0.39 is 21.9 Å². The lowest BCUT2D eigenvalue weighted by atomic mass is 10.2. The molecule has 7 nitrogen and oxygen atoms in total. The van der Waals surface area contributed by atoms with Crippen LogP contribution < -0.4 is 9.21 Å². The molecular weight excluding hydrogens is 409 g/mol. The molecule has 2 aliphatic heterocycles. The molecule has 0 atom stereocenters. The molecule has 2 aromatic rings. The van der Waals surface area contributed by atoms with Gasteiger partial charge in [-0.15, -0.1) is 0 Å². The molecule has 0 bridgehead atoms. The molecule has 0 N–H and O–H groups in total. The lowest BCUT2D eigenvalue weighted by Crippen LogP contribution is -2.54. The van der Waals surface area contributed by atoms with Gasteiger partial charge in [0, 0.05) is 13.1 Å². The van der Waals surface area contributed by atoms with E-state index in [1.165, 1.54) is 29.2 Å². The molecule has 0 unspecified atom stereocenters. The smallest absolute Gasteiger partial charge is 0.341 e. The molecule has 0 aliphatic carbocycles. The molecule has 0 spiro atoms. The van der Waals surface area contributed by atoms with Gasteiger partial charge < -0.3 is 4.90 Å². The summed E-state index contributed by atoms with van der Waals surface area (Å²) in [5.41, 5.74) is 0.187. The zero-order valence-electron chi connectivity index (χ0n) is 16.3. The molecule has 0 radical (unpaired) electrons. The van der Waals surface area contributed by atoms with Gasteiger partial charge >= 0.3 is 6.03 Å². The van der Waals surface area contributed by atoms with Gasteiger partial charge in [-0.3, -0.25) is 9.69 Å². The molecule has 1 saturated heterocycles. The van der Waals surface area contributed by atoms with E-state index in [1.54, 1.807) is 17.0 Å². The molecule has 158 valence electrons. The summed E-state index contributed by atoms with van der Waals surface area (Å²) in [7, 11) is -4.20. The maximum atomic E-state index is 13.4. The number of anilines is 2. The fourth-order valence-corrected chi connectivity index (χ4v) is 5.44. The zero-order chi connectivity index (χ0) is 21.3. The van der Waals surface area contributed by atoms with Crippen LogP contribution in [-0.2, 0) is 14.8 Å². The molecule has 2 heterocycles. The van der Waals surface area contributed by atoms with Crippen LogP contribution in [-0.4, -0.2) is 44.9 Å². The third kappa shape index (κ3) is 3.65. The number of nitrogens with zero attached hydrogens (tertiary/aromatic N) is 3. The van der Waals surface area contributed by atoms with Gasteiger partial charge in [0.15, 0.2) is 0 Å². The largest absolute Gasteiger partial charge is 0.343 e. The standard InChI is InChI=1S/C21H22FN3O4S/c22-16-9-11-17(12-10-16)25-21(27)24(15-20(26)23-13-5-1-2-6-14-23)18-7-3-4-8-19(18)30(25,28)29/h3-4,7-12H,1-2,5-6,13-15H2. The van der Waals surface area contributed by atoms with Gasteiger partial charge in [0.1, 0.15) is 17.3 Å². The van der Waals surface area contributed by atoms with Gasteiger partial charge in [-0.2, -0.15) is 4.31 Å². The summed E-state index contributed by atoms with van der Waals surface area (Å²) in [5.74, 6) is -0.771. The number of carbonyl (C=O) groups is 2. The van der Waals surface area contributed by atoms with Crippen LogP contribution >= 0.6 is 0 Å². The molecule has 2 aromatic carbocycles. The van der Waals surface area contributed by atoms with Gasteiger partial charge in [0.05, 0.1) is 11.4 Å². The normalized spacial score (nSPS) is 18.7. The fraction of sp³-hybridized carbons (Fsp3) is 0.333. The summed E-state index contributed by atoms with van der Waals surface area (Å²) in [6.07, 6.45) is 3.94. The number of amides is 3. The second-order valence-electron chi connectivity index (χ2n) is 7.38. The first kappa shape index (κ1) is 20.3. The van der Waals surface area contributed by atoms with Crippen LogP contribution in [0, 0.1) is 5.82 Å².